The first kappa shape index (κ1) is 18.8. The molecule has 0 N–H and O–H groups in total. The Morgan fingerprint density at radius 3 is 2.60 bits per heavy atom. The Morgan fingerprint density at radius 2 is 1.92 bits per heavy atom. The summed E-state index contributed by atoms with van der Waals surface area (Å²) in [5.41, 5.74) is 2.52. The van der Waals surface area contributed by atoms with Crippen LogP contribution in [0.25, 0.3) is 6.08 Å². The zero-order valence-electron chi connectivity index (χ0n) is 15.6. The molecule has 0 amide bonds. The Balaban J connectivity index is 2.02. The van der Waals surface area contributed by atoms with E-state index in [1.807, 2.05) is 71.0 Å². The third kappa shape index (κ3) is 6.49. The molecule has 0 fully saturated rings. The minimum absolute atomic E-state index is 0.175. The number of ether oxygens (including phenoxy) is 2. The lowest BCUT2D eigenvalue weighted by atomic mass is 10.1. The molecule has 0 atom stereocenters. The number of rotatable bonds is 6. The van der Waals surface area contributed by atoms with Crippen molar-refractivity contribution in [3.05, 3.63) is 59.1 Å². The van der Waals surface area contributed by atoms with Crippen molar-refractivity contribution in [2.45, 2.75) is 53.2 Å². The second-order valence-corrected chi connectivity index (χ2v) is 7.23. The van der Waals surface area contributed by atoms with Crippen molar-refractivity contribution >= 4 is 12.0 Å². The number of carbonyl (C=O) groups is 1. The second kappa shape index (κ2) is 8.06. The van der Waals surface area contributed by atoms with Crippen molar-refractivity contribution in [2.24, 2.45) is 0 Å². The average Bonchev–Trinajstić information content (AvgIpc) is 2.91. The highest BCUT2D eigenvalue weighted by atomic mass is 16.6. The summed E-state index contributed by atoms with van der Waals surface area (Å²) in [5, 5.41) is 0. The molecule has 0 aliphatic rings. The van der Waals surface area contributed by atoms with E-state index in [1.54, 1.807) is 6.26 Å². The van der Waals surface area contributed by atoms with Gasteiger partial charge in [0, 0.05) is 11.1 Å². The number of esters is 1. The molecule has 4 heteroatoms. The Morgan fingerprint density at radius 1 is 1.20 bits per heavy atom. The molecular weight excluding hydrogens is 316 g/mol. The smallest absolute Gasteiger partial charge is 0.310 e. The van der Waals surface area contributed by atoms with E-state index >= 15 is 0 Å². The van der Waals surface area contributed by atoms with Crippen molar-refractivity contribution in [1.29, 1.82) is 0 Å². The van der Waals surface area contributed by atoms with Crippen LogP contribution in [0.15, 0.2) is 46.6 Å². The van der Waals surface area contributed by atoms with Gasteiger partial charge in [-0.3, -0.25) is 4.79 Å². The van der Waals surface area contributed by atoms with Crippen molar-refractivity contribution < 1.29 is 18.7 Å². The molecule has 0 aliphatic carbocycles. The molecule has 4 nitrogen and oxygen atoms in total. The van der Waals surface area contributed by atoms with E-state index in [-0.39, 0.29) is 12.4 Å². The summed E-state index contributed by atoms with van der Waals surface area (Å²) in [6.07, 6.45) is 3.93. The van der Waals surface area contributed by atoms with Crippen LogP contribution in [0.1, 0.15) is 51.5 Å². The van der Waals surface area contributed by atoms with Crippen molar-refractivity contribution in [1.82, 2.24) is 0 Å². The van der Waals surface area contributed by atoms with Gasteiger partial charge in [-0.1, -0.05) is 29.8 Å². The van der Waals surface area contributed by atoms with Gasteiger partial charge in [-0.15, -0.1) is 0 Å². The molecule has 25 heavy (non-hydrogen) atoms. The van der Waals surface area contributed by atoms with Gasteiger partial charge >= 0.3 is 5.97 Å². The highest BCUT2D eigenvalue weighted by molar-refractivity contribution is 5.74. The fourth-order valence-electron chi connectivity index (χ4n) is 2.36. The molecule has 134 valence electrons. The van der Waals surface area contributed by atoms with Gasteiger partial charge in [0.05, 0.1) is 12.7 Å². The molecule has 0 bridgehead atoms. The number of allylic oxidation sites excluding steroid dienone is 1. The second-order valence-electron chi connectivity index (χ2n) is 7.23. The van der Waals surface area contributed by atoms with E-state index in [4.69, 9.17) is 13.9 Å². The quantitative estimate of drug-likeness (QED) is 0.680. The van der Waals surface area contributed by atoms with Crippen LogP contribution in [0.4, 0.5) is 0 Å². The predicted molar refractivity (Wildman–Crippen MR) is 98.4 cm³/mol. The molecule has 0 unspecified atom stereocenters. The largest absolute Gasteiger partial charge is 0.485 e. The molecule has 0 saturated carbocycles. The Kier molecular flexibility index (Phi) is 6.07. The molecule has 2 rings (SSSR count). The van der Waals surface area contributed by atoms with Crippen LogP contribution in [-0.2, 0) is 22.6 Å². The van der Waals surface area contributed by atoms with E-state index in [1.165, 1.54) is 5.57 Å². The molecule has 0 saturated heterocycles. The molecule has 1 heterocycles. The van der Waals surface area contributed by atoms with Crippen LogP contribution in [0.5, 0.6) is 5.75 Å². The van der Waals surface area contributed by atoms with Gasteiger partial charge in [0.15, 0.2) is 0 Å². The van der Waals surface area contributed by atoms with Crippen LogP contribution in [0, 0.1) is 0 Å². The normalized spacial score (nSPS) is 11.1. The lowest BCUT2D eigenvalue weighted by Gasteiger charge is -2.20. The molecule has 0 radical (unpaired) electrons. The summed E-state index contributed by atoms with van der Waals surface area (Å²) >= 11 is 0. The molecule has 1 aromatic heterocycles. The number of para-hydroxylation sites is 1. The average molecular weight is 342 g/mol. The number of furan rings is 1. The van der Waals surface area contributed by atoms with Gasteiger partial charge in [0.2, 0.25) is 0 Å². The van der Waals surface area contributed by atoms with Crippen molar-refractivity contribution in [3.63, 3.8) is 0 Å². The van der Waals surface area contributed by atoms with E-state index in [9.17, 15) is 4.79 Å². The maximum absolute atomic E-state index is 12.1. The zero-order valence-corrected chi connectivity index (χ0v) is 15.6. The minimum atomic E-state index is -0.498. The first-order valence-electron chi connectivity index (χ1n) is 8.38. The van der Waals surface area contributed by atoms with Crippen LogP contribution in [-0.4, -0.2) is 11.6 Å². The topological polar surface area (TPSA) is 48.7 Å². The molecule has 0 aliphatic heterocycles. The minimum Gasteiger partial charge on any atom is -0.485 e. The maximum Gasteiger partial charge on any atom is 0.310 e. The van der Waals surface area contributed by atoms with Crippen LogP contribution < -0.4 is 4.74 Å². The standard InChI is InChI=1S/C21H26O4/c1-15(2)10-16-11-18(23-13-16)14-24-19-9-7-6-8-17(19)12-20(22)25-21(3,4)5/h6-11,13H,12,14H2,1-5H3. The van der Waals surface area contributed by atoms with Crippen molar-refractivity contribution in [3.8, 4) is 5.75 Å². The Bertz CT molecular complexity index is 743. The van der Waals surface area contributed by atoms with Crippen LogP contribution in [0.3, 0.4) is 0 Å². The predicted octanol–water partition coefficient (Wildman–Crippen LogP) is 5.17. The summed E-state index contributed by atoms with van der Waals surface area (Å²) in [4.78, 5) is 12.1. The van der Waals surface area contributed by atoms with Crippen LogP contribution >= 0.6 is 0 Å². The molecular formula is C21H26O4. The monoisotopic (exact) mass is 342 g/mol. The van der Waals surface area contributed by atoms with Crippen LogP contribution in [0.2, 0.25) is 0 Å². The number of hydrogen-bond acceptors (Lipinski definition) is 4. The fraction of sp³-hybridized carbons (Fsp3) is 0.381. The Hall–Kier alpha value is -2.49. The lowest BCUT2D eigenvalue weighted by molar-refractivity contribution is -0.153. The van der Waals surface area contributed by atoms with E-state index in [0.29, 0.717) is 12.4 Å². The first-order valence-corrected chi connectivity index (χ1v) is 8.38. The number of benzene rings is 1. The number of carbonyl (C=O) groups excluding carboxylic acids is 1. The van der Waals surface area contributed by atoms with E-state index in [2.05, 4.69) is 0 Å². The highest BCUT2D eigenvalue weighted by Crippen LogP contribution is 2.22. The summed E-state index contributed by atoms with van der Waals surface area (Å²) in [7, 11) is 0. The summed E-state index contributed by atoms with van der Waals surface area (Å²) in [6.45, 7) is 9.95. The van der Waals surface area contributed by atoms with Gasteiger partial charge in [-0.25, -0.2) is 0 Å². The fourth-order valence-corrected chi connectivity index (χ4v) is 2.36. The van der Waals surface area contributed by atoms with Gasteiger partial charge in [0.1, 0.15) is 23.7 Å². The van der Waals surface area contributed by atoms with E-state index < -0.39 is 5.60 Å². The van der Waals surface area contributed by atoms with Gasteiger partial charge in [0.25, 0.3) is 0 Å². The third-order valence-corrected chi connectivity index (χ3v) is 3.23. The Labute approximate surface area is 149 Å². The third-order valence-electron chi connectivity index (χ3n) is 3.23. The van der Waals surface area contributed by atoms with Gasteiger partial charge < -0.3 is 13.9 Å². The molecule has 0 spiro atoms. The van der Waals surface area contributed by atoms with E-state index in [0.717, 1.165) is 16.9 Å². The summed E-state index contributed by atoms with van der Waals surface area (Å²) in [5.74, 6) is 1.13. The zero-order chi connectivity index (χ0) is 18.4. The van der Waals surface area contributed by atoms with Crippen molar-refractivity contribution in [2.75, 3.05) is 0 Å². The SMILES string of the molecule is CC(C)=Cc1coc(COc2ccccc2CC(=O)OC(C)(C)C)c1. The van der Waals surface area contributed by atoms with Gasteiger partial charge in [-0.05, 0) is 46.8 Å². The lowest BCUT2D eigenvalue weighted by Crippen LogP contribution is -2.25. The molecule has 2 aromatic rings. The summed E-state index contributed by atoms with van der Waals surface area (Å²) in [6, 6.07) is 9.43. The maximum atomic E-state index is 12.1. The highest BCUT2D eigenvalue weighted by Gasteiger charge is 2.18. The summed E-state index contributed by atoms with van der Waals surface area (Å²) < 4.78 is 16.7. The molecule has 1 aromatic carbocycles. The van der Waals surface area contributed by atoms with Gasteiger partial charge in [-0.2, -0.15) is 0 Å². The number of hydrogen-bond donors (Lipinski definition) is 0. The first-order chi connectivity index (χ1) is 11.7.